The number of carbonyl (C=O) groups is 4. The number of likely N-dealkylation sites (N-methyl/N-ethyl adjacent to an activating group) is 1. The van der Waals surface area contributed by atoms with Crippen molar-refractivity contribution in [2.24, 2.45) is 0 Å². The zero-order chi connectivity index (χ0) is 33.8. The zero-order valence-corrected chi connectivity index (χ0v) is 27.3. The van der Waals surface area contributed by atoms with E-state index >= 15 is 0 Å². The highest BCUT2D eigenvalue weighted by Crippen LogP contribution is 2.55. The van der Waals surface area contributed by atoms with Crippen LogP contribution < -0.4 is 9.47 Å². The number of fused-ring (bicyclic) bond motifs is 6. The second-order valence-corrected chi connectivity index (χ2v) is 12.0. The van der Waals surface area contributed by atoms with Gasteiger partial charge in [-0.25, -0.2) is 4.79 Å². The Kier molecular flexibility index (Phi) is 8.86. The summed E-state index contributed by atoms with van der Waals surface area (Å²) >= 11 is 0. The van der Waals surface area contributed by atoms with Gasteiger partial charge in [0.05, 0.1) is 32.4 Å². The number of phenols is 1. The summed E-state index contributed by atoms with van der Waals surface area (Å²) in [5.41, 5.74) is 2.41. The number of allylic oxidation sites excluding steroid dienone is 3. The van der Waals surface area contributed by atoms with Gasteiger partial charge in [0.1, 0.15) is 18.4 Å². The van der Waals surface area contributed by atoms with Crippen LogP contribution >= 0.6 is 0 Å². The quantitative estimate of drug-likeness (QED) is 0.203. The number of esters is 2. The summed E-state index contributed by atoms with van der Waals surface area (Å²) in [4.78, 5) is 57.1. The predicted octanol–water partition coefficient (Wildman–Crippen LogP) is 3.15. The number of methoxy groups -OCH3 is 2. The summed E-state index contributed by atoms with van der Waals surface area (Å²) < 4.78 is 22.7. The molecular formula is C34H39N3O9. The van der Waals surface area contributed by atoms with Crippen LogP contribution in [0.4, 0.5) is 0 Å². The molecule has 0 radical (unpaired) electrons. The lowest BCUT2D eigenvalue weighted by Crippen LogP contribution is -2.72. The number of carbonyl (C=O) groups excluding carboxylic acids is 4. The summed E-state index contributed by atoms with van der Waals surface area (Å²) in [5.74, 6) is -1.74. The highest BCUT2D eigenvalue weighted by Gasteiger charge is 2.59. The van der Waals surface area contributed by atoms with Gasteiger partial charge in [-0.1, -0.05) is 13.0 Å². The lowest BCUT2D eigenvalue weighted by Gasteiger charge is -2.60. The molecule has 0 spiro atoms. The summed E-state index contributed by atoms with van der Waals surface area (Å²) in [7, 11) is 4.56. The molecule has 2 bridgehead atoms. The molecule has 1 aliphatic carbocycles. The third-order valence-corrected chi connectivity index (χ3v) is 9.86. The van der Waals surface area contributed by atoms with Crippen molar-refractivity contribution >= 4 is 23.5 Å². The number of rotatable bonds is 7. The summed E-state index contributed by atoms with van der Waals surface area (Å²) in [6, 6.07) is -1.17. The second kappa shape index (κ2) is 12.4. The molecule has 12 nitrogen and oxygen atoms in total. The smallest absolute Gasteiger partial charge is 0.333 e. The number of piperazine rings is 1. The van der Waals surface area contributed by atoms with Crippen molar-refractivity contribution in [1.82, 2.24) is 9.80 Å². The highest BCUT2D eigenvalue weighted by atomic mass is 16.5. The van der Waals surface area contributed by atoms with Gasteiger partial charge in [0.2, 0.25) is 5.78 Å². The molecule has 1 saturated heterocycles. The van der Waals surface area contributed by atoms with E-state index in [1.165, 1.54) is 14.2 Å². The molecule has 1 fully saturated rings. The first kappa shape index (κ1) is 32.9. The topological polar surface area (TPSA) is 156 Å². The van der Waals surface area contributed by atoms with Gasteiger partial charge in [0.25, 0.3) is 0 Å². The average molecular weight is 634 g/mol. The third-order valence-electron chi connectivity index (χ3n) is 9.86. The first-order valence-electron chi connectivity index (χ1n) is 15.3. The van der Waals surface area contributed by atoms with Gasteiger partial charge in [0, 0.05) is 57.5 Å². The van der Waals surface area contributed by atoms with E-state index in [4.69, 9.17) is 18.9 Å². The number of ether oxygens (including phenoxy) is 4. The van der Waals surface area contributed by atoms with Crippen molar-refractivity contribution in [1.29, 1.82) is 5.26 Å². The van der Waals surface area contributed by atoms with Gasteiger partial charge in [-0.2, -0.15) is 5.26 Å². The minimum atomic E-state index is -0.907. The first-order valence-corrected chi connectivity index (χ1v) is 15.3. The van der Waals surface area contributed by atoms with Crippen molar-refractivity contribution in [3.8, 4) is 23.3 Å². The SMILES string of the molecule is C/C=C(/C)C(=O)OC[C@H]1c2c(O)c(OC)c(C)c(OC(=O)CC)c2C[C@H]2[C@H]3C4=C(C[C@H]([C@H](C#N)N12)N3C)C(=O)C(C)=C(OC)C4=O. The summed E-state index contributed by atoms with van der Waals surface area (Å²) in [5, 5.41) is 22.4. The minimum absolute atomic E-state index is 0.0242. The van der Waals surface area contributed by atoms with Gasteiger partial charge in [-0.3, -0.25) is 24.2 Å². The molecule has 0 amide bonds. The Labute approximate surface area is 267 Å². The number of hydrogen-bond acceptors (Lipinski definition) is 12. The standard InChI is InChI=1S/C34H39N3O9/c1-9-15(3)34(42)45-14-23-25-19(31(46-24(38)10-2)17(5)33(44-8)29(25)40)12-21-27-26-18(28(39)16(4)32(43-7)30(26)41)11-20(36(27)6)22(13-35)37(21)23/h9,20-23,27,40H,10-12,14H2,1-8H3/b15-9-/t20-,21+,22+,23+,27+/m1/s1. The number of phenolic OH excluding ortho intramolecular Hbond substituents is 1. The Hall–Kier alpha value is -4.47. The van der Waals surface area contributed by atoms with Crippen LogP contribution in [-0.4, -0.2) is 90.5 Å². The fraction of sp³-hybridized carbons (Fsp3) is 0.500. The molecule has 1 aromatic carbocycles. The molecule has 0 aromatic heterocycles. The number of hydrogen-bond donors (Lipinski definition) is 1. The largest absolute Gasteiger partial charge is 0.504 e. The van der Waals surface area contributed by atoms with E-state index in [-0.39, 0.29) is 60.2 Å². The van der Waals surface area contributed by atoms with E-state index in [2.05, 4.69) is 6.07 Å². The molecule has 4 aliphatic rings. The lowest BCUT2D eigenvalue weighted by atomic mass is 9.69. The van der Waals surface area contributed by atoms with E-state index in [0.717, 1.165) is 0 Å². The molecule has 1 N–H and O–H groups in total. The van der Waals surface area contributed by atoms with Crippen LogP contribution in [0.25, 0.3) is 0 Å². The average Bonchev–Trinajstić information content (AvgIpc) is 3.04. The third kappa shape index (κ3) is 4.80. The molecule has 1 aromatic rings. The molecule has 0 unspecified atom stereocenters. The van der Waals surface area contributed by atoms with E-state index < -0.39 is 47.9 Å². The van der Waals surface area contributed by atoms with Crippen LogP contribution in [0.15, 0.2) is 34.1 Å². The monoisotopic (exact) mass is 633 g/mol. The number of nitriles is 1. The Balaban J connectivity index is 1.79. The molecule has 244 valence electrons. The molecule has 3 heterocycles. The first-order chi connectivity index (χ1) is 21.9. The van der Waals surface area contributed by atoms with Crippen LogP contribution in [0.1, 0.15) is 63.3 Å². The van der Waals surface area contributed by atoms with E-state index in [0.29, 0.717) is 33.4 Å². The molecular weight excluding hydrogens is 594 g/mol. The molecule has 5 rings (SSSR count). The second-order valence-electron chi connectivity index (χ2n) is 12.0. The Morgan fingerprint density at radius 2 is 1.78 bits per heavy atom. The van der Waals surface area contributed by atoms with Crippen LogP contribution in [0.5, 0.6) is 17.2 Å². The van der Waals surface area contributed by atoms with Crippen molar-refractivity contribution in [3.05, 3.63) is 50.8 Å². The number of nitrogens with zero attached hydrogens (tertiary/aromatic N) is 3. The normalized spacial score (nSPS) is 26.2. The number of aromatic hydroxyl groups is 1. The lowest BCUT2D eigenvalue weighted by molar-refractivity contribution is -0.144. The fourth-order valence-corrected chi connectivity index (χ4v) is 7.51. The van der Waals surface area contributed by atoms with Crippen molar-refractivity contribution in [2.75, 3.05) is 27.9 Å². The summed E-state index contributed by atoms with van der Waals surface area (Å²) in [6.45, 7) is 7.95. The zero-order valence-electron chi connectivity index (χ0n) is 27.3. The maximum atomic E-state index is 14.0. The van der Waals surface area contributed by atoms with Gasteiger partial charge in [0.15, 0.2) is 23.0 Å². The van der Waals surface area contributed by atoms with Gasteiger partial charge in [-0.15, -0.1) is 0 Å². The van der Waals surface area contributed by atoms with Gasteiger partial charge >= 0.3 is 11.9 Å². The Morgan fingerprint density at radius 1 is 1.09 bits per heavy atom. The van der Waals surface area contributed by atoms with Crippen LogP contribution in [0.3, 0.4) is 0 Å². The number of benzene rings is 1. The predicted molar refractivity (Wildman–Crippen MR) is 164 cm³/mol. The van der Waals surface area contributed by atoms with Crippen molar-refractivity contribution in [2.45, 2.75) is 84.1 Å². The maximum absolute atomic E-state index is 14.0. The van der Waals surface area contributed by atoms with Crippen LogP contribution in [-0.2, 0) is 35.1 Å². The minimum Gasteiger partial charge on any atom is -0.504 e. The number of Topliss-reactive ketones (excluding diaryl/α,β-unsaturated/α-hetero) is 2. The number of ketones is 2. The van der Waals surface area contributed by atoms with Gasteiger partial charge in [-0.05, 0) is 47.6 Å². The molecule has 46 heavy (non-hydrogen) atoms. The Morgan fingerprint density at radius 3 is 2.37 bits per heavy atom. The van der Waals surface area contributed by atoms with E-state index in [9.17, 15) is 29.5 Å². The molecule has 5 atom stereocenters. The molecule has 0 saturated carbocycles. The van der Waals surface area contributed by atoms with Crippen LogP contribution in [0.2, 0.25) is 0 Å². The Bertz CT molecular complexity index is 1680. The van der Waals surface area contributed by atoms with Crippen molar-refractivity contribution < 1.29 is 43.2 Å². The van der Waals surface area contributed by atoms with Crippen LogP contribution in [0, 0.1) is 18.3 Å². The summed E-state index contributed by atoms with van der Waals surface area (Å²) in [6.07, 6.45) is 1.97. The maximum Gasteiger partial charge on any atom is 0.333 e. The van der Waals surface area contributed by atoms with Gasteiger partial charge < -0.3 is 24.1 Å². The van der Waals surface area contributed by atoms with Crippen molar-refractivity contribution in [3.63, 3.8) is 0 Å². The fourth-order valence-electron chi connectivity index (χ4n) is 7.51. The molecule has 3 aliphatic heterocycles. The van der Waals surface area contributed by atoms with E-state index in [1.54, 1.807) is 40.7 Å². The highest BCUT2D eigenvalue weighted by molar-refractivity contribution is 6.25. The molecule has 12 heteroatoms. The van der Waals surface area contributed by atoms with E-state index in [1.807, 2.05) is 16.8 Å².